The lowest BCUT2D eigenvalue weighted by Gasteiger charge is -2.20. The van der Waals surface area contributed by atoms with Gasteiger partial charge in [0, 0.05) is 32.2 Å². The van der Waals surface area contributed by atoms with Gasteiger partial charge >= 0.3 is 0 Å². The topological polar surface area (TPSA) is 126 Å². The molecular formula is C24H28FN5O6S. The minimum absolute atomic E-state index is 0.0199. The fourth-order valence-electron chi connectivity index (χ4n) is 4.49. The van der Waals surface area contributed by atoms with Crippen LogP contribution in [0.25, 0.3) is 5.52 Å². The number of benzene rings is 1. The molecule has 2 saturated heterocycles. The van der Waals surface area contributed by atoms with Crippen LogP contribution >= 0.6 is 0 Å². The molecule has 2 aliphatic heterocycles. The standard InChI is InChI=1S/C24H28FN5O6S/c1-14-16(24(31)29-37(3,32)9-8-33-2)11-30-21(14)23(26-13-27-30)28-17-5-4-15(25)10-19(17)36-20-12-35-18-6-7-34-22(18)20/h4-5,10-11,13,18,20,22H,6-9,12H2,1-3H3,(H,26,27,28)/t18-,20-,22+,37?/m1/s1. The second-order valence-corrected chi connectivity index (χ2v) is 11.5. The van der Waals surface area contributed by atoms with E-state index in [1.165, 1.54) is 42.5 Å². The molecule has 4 heterocycles. The highest BCUT2D eigenvalue weighted by Gasteiger charge is 2.43. The quantitative estimate of drug-likeness (QED) is 0.465. The first-order valence-electron chi connectivity index (χ1n) is 11.8. The maximum atomic E-state index is 14.2. The summed E-state index contributed by atoms with van der Waals surface area (Å²) in [6.07, 6.45) is 4.48. The van der Waals surface area contributed by atoms with Crippen molar-refractivity contribution in [2.75, 3.05) is 44.3 Å². The molecule has 3 aromatic rings. The number of carbonyl (C=O) groups excluding carboxylic acids is 1. The van der Waals surface area contributed by atoms with Crippen LogP contribution in [0.4, 0.5) is 15.9 Å². The van der Waals surface area contributed by atoms with Gasteiger partial charge in [0.2, 0.25) is 0 Å². The van der Waals surface area contributed by atoms with Crippen molar-refractivity contribution in [2.24, 2.45) is 4.36 Å². The van der Waals surface area contributed by atoms with Gasteiger partial charge in [0.15, 0.2) is 11.9 Å². The minimum Gasteiger partial charge on any atom is -0.483 e. The zero-order valence-corrected chi connectivity index (χ0v) is 21.5. The van der Waals surface area contributed by atoms with Crippen LogP contribution in [0, 0.1) is 12.7 Å². The van der Waals surface area contributed by atoms with Gasteiger partial charge in [-0.2, -0.15) is 9.46 Å². The lowest BCUT2D eigenvalue weighted by Crippen LogP contribution is -2.32. The normalized spacial score (nSPS) is 22.5. The number of carbonyl (C=O) groups is 1. The van der Waals surface area contributed by atoms with E-state index in [0.29, 0.717) is 35.8 Å². The first kappa shape index (κ1) is 25.5. The summed E-state index contributed by atoms with van der Waals surface area (Å²) in [5.41, 5.74) is 1.78. The molecule has 0 radical (unpaired) electrons. The van der Waals surface area contributed by atoms with Crippen LogP contribution < -0.4 is 10.1 Å². The number of halogens is 1. The lowest BCUT2D eigenvalue weighted by molar-refractivity contribution is 0.0310. The smallest absolute Gasteiger partial charge is 0.286 e. The number of anilines is 2. The van der Waals surface area contributed by atoms with Crippen LogP contribution in [-0.2, 0) is 23.9 Å². The Kier molecular flexibility index (Phi) is 7.12. The summed E-state index contributed by atoms with van der Waals surface area (Å²) in [6, 6.07) is 4.15. The number of hydrogen-bond acceptors (Lipinski definition) is 9. The Morgan fingerprint density at radius 2 is 2.22 bits per heavy atom. The van der Waals surface area contributed by atoms with E-state index in [1.807, 2.05) is 0 Å². The molecule has 0 bridgehead atoms. The summed E-state index contributed by atoms with van der Waals surface area (Å²) in [5, 5.41) is 7.39. The van der Waals surface area contributed by atoms with Crippen molar-refractivity contribution in [1.29, 1.82) is 0 Å². The third-order valence-electron chi connectivity index (χ3n) is 6.39. The SMILES string of the molecule is COCCS(C)(=O)=NC(=O)c1cn2ncnc(Nc3ccc(F)cc3O[C@@H]3CO[C@@H]4CCO[C@@H]43)c2c1C. The number of hydrogen-bond donors (Lipinski definition) is 1. The predicted molar refractivity (Wildman–Crippen MR) is 133 cm³/mol. The van der Waals surface area contributed by atoms with E-state index in [2.05, 4.69) is 19.8 Å². The number of nitrogens with one attached hydrogen (secondary N) is 1. The summed E-state index contributed by atoms with van der Waals surface area (Å²) in [6.45, 7) is 2.91. The van der Waals surface area contributed by atoms with E-state index in [4.69, 9.17) is 18.9 Å². The van der Waals surface area contributed by atoms with Gasteiger partial charge in [-0.15, -0.1) is 0 Å². The van der Waals surface area contributed by atoms with E-state index < -0.39 is 21.5 Å². The fraction of sp³-hybridized carbons (Fsp3) is 0.458. The molecule has 11 nitrogen and oxygen atoms in total. The molecule has 0 aliphatic carbocycles. The van der Waals surface area contributed by atoms with Crippen molar-refractivity contribution in [1.82, 2.24) is 14.6 Å². The van der Waals surface area contributed by atoms with Crippen LogP contribution in [0.15, 0.2) is 35.1 Å². The molecule has 37 heavy (non-hydrogen) atoms. The highest BCUT2D eigenvalue weighted by molar-refractivity contribution is 7.93. The highest BCUT2D eigenvalue weighted by atomic mass is 32.2. The van der Waals surface area contributed by atoms with Gasteiger partial charge in [-0.3, -0.25) is 4.79 Å². The van der Waals surface area contributed by atoms with Gasteiger partial charge in [-0.25, -0.2) is 18.1 Å². The second kappa shape index (κ2) is 10.3. The predicted octanol–water partition coefficient (Wildman–Crippen LogP) is 2.74. The fourth-order valence-corrected chi connectivity index (χ4v) is 5.51. The van der Waals surface area contributed by atoms with Gasteiger partial charge < -0.3 is 24.3 Å². The van der Waals surface area contributed by atoms with Crippen molar-refractivity contribution in [3.05, 3.63) is 47.7 Å². The van der Waals surface area contributed by atoms with Crippen LogP contribution in [0.2, 0.25) is 0 Å². The van der Waals surface area contributed by atoms with Crippen molar-refractivity contribution < 1.29 is 32.3 Å². The van der Waals surface area contributed by atoms with Crippen molar-refractivity contribution in [3.63, 3.8) is 0 Å². The van der Waals surface area contributed by atoms with Gasteiger partial charge in [0.25, 0.3) is 5.91 Å². The van der Waals surface area contributed by atoms with Crippen LogP contribution in [0.3, 0.4) is 0 Å². The Bertz CT molecular complexity index is 1450. The molecule has 0 spiro atoms. The lowest BCUT2D eigenvalue weighted by atomic mass is 10.1. The maximum Gasteiger partial charge on any atom is 0.286 e. The Morgan fingerprint density at radius 3 is 3.03 bits per heavy atom. The Hall–Kier alpha value is -3.13. The summed E-state index contributed by atoms with van der Waals surface area (Å²) >= 11 is 0. The molecule has 13 heteroatoms. The number of amides is 1. The van der Waals surface area contributed by atoms with E-state index in [9.17, 15) is 13.4 Å². The highest BCUT2D eigenvalue weighted by Crippen LogP contribution is 2.35. The van der Waals surface area contributed by atoms with Crippen LogP contribution in [-0.4, -0.2) is 82.0 Å². The van der Waals surface area contributed by atoms with Gasteiger partial charge in [0.1, 0.15) is 29.5 Å². The molecule has 198 valence electrons. The first-order valence-corrected chi connectivity index (χ1v) is 13.9. The number of nitrogens with zero attached hydrogens (tertiary/aromatic N) is 4. The number of methoxy groups -OCH3 is 1. The number of rotatable bonds is 8. The zero-order valence-electron chi connectivity index (χ0n) is 20.7. The molecule has 1 N–H and O–H groups in total. The first-order chi connectivity index (χ1) is 17.8. The third kappa shape index (κ3) is 5.30. The van der Waals surface area contributed by atoms with Crippen molar-refractivity contribution in [3.8, 4) is 5.75 Å². The Morgan fingerprint density at radius 1 is 1.38 bits per heavy atom. The number of fused-ring (bicyclic) bond motifs is 2. The largest absolute Gasteiger partial charge is 0.483 e. The third-order valence-corrected chi connectivity index (χ3v) is 7.87. The maximum absolute atomic E-state index is 14.2. The molecule has 1 unspecified atom stereocenters. The number of ether oxygens (including phenoxy) is 4. The molecule has 4 atom stereocenters. The van der Waals surface area contributed by atoms with E-state index in [-0.39, 0.29) is 42.0 Å². The summed E-state index contributed by atoms with van der Waals surface area (Å²) in [4.78, 5) is 17.2. The average molecular weight is 534 g/mol. The van der Waals surface area contributed by atoms with Crippen LogP contribution in [0.1, 0.15) is 22.3 Å². The molecule has 1 amide bonds. The molecule has 2 aromatic heterocycles. The summed E-state index contributed by atoms with van der Waals surface area (Å²) < 4.78 is 54.8. The summed E-state index contributed by atoms with van der Waals surface area (Å²) in [5.74, 6) is -0.282. The average Bonchev–Trinajstić information content (AvgIpc) is 3.56. The van der Waals surface area contributed by atoms with Gasteiger partial charge in [-0.1, -0.05) is 0 Å². The van der Waals surface area contributed by atoms with Gasteiger partial charge in [-0.05, 0) is 31.0 Å². The molecule has 1 aromatic carbocycles. The molecule has 0 saturated carbocycles. The molecular weight excluding hydrogens is 505 g/mol. The Labute approximate surface area is 213 Å². The zero-order chi connectivity index (χ0) is 26.2. The molecule has 2 fully saturated rings. The van der Waals surface area contributed by atoms with E-state index >= 15 is 0 Å². The number of aromatic nitrogens is 3. The summed E-state index contributed by atoms with van der Waals surface area (Å²) in [7, 11) is -1.27. The van der Waals surface area contributed by atoms with Crippen LogP contribution in [0.5, 0.6) is 5.75 Å². The Balaban J connectivity index is 1.45. The van der Waals surface area contributed by atoms with Crippen molar-refractivity contribution >= 4 is 32.7 Å². The van der Waals surface area contributed by atoms with E-state index in [1.54, 1.807) is 13.0 Å². The number of aryl methyl sites for hydroxylation is 1. The monoisotopic (exact) mass is 533 g/mol. The van der Waals surface area contributed by atoms with E-state index in [0.717, 1.165) is 6.42 Å². The molecule has 2 aliphatic rings. The second-order valence-electron chi connectivity index (χ2n) is 9.04. The van der Waals surface area contributed by atoms with Gasteiger partial charge in [0.05, 0.1) is 46.1 Å². The van der Waals surface area contributed by atoms with Crippen molar-refractivity contribution in [2.45, 2.75) is 31.7 Å². The minimum atomic E-state index is -2.76. The molecule has 5 rings (SSSR count).